The van der Waals surface area contributed by atoms with E-state index >= 15 is 0 Å². The zero-order valence-corrected chi connectivity index (χ0v) is 9.18. The minimum Gasteiger partial charge on any atom is -0.316 e. The van der Waals surface area contributed by atoms with Gasteiger partial charge in [-0.05, 0) is 65.3 Å². The van der Waals surface area contributed by atoms with Gasteiger partial charge >= 0.3 is 0 Å². The van der Waals surface area contributed by atoms with Crippen molar-refractivity contribution in [2.75, 3.05) is 33.7 Å². The van der Waals surface area contributed by atoms with Crippen molar-refractivity contribution in [2.45, 2.75) is 32.1 Å². The lowest BCUT2D eigenvalue weighted by molar-refractivity contribution is 0.331. The molecule has 78 valence electrons. The van der Waals surface area contributed by atoms with Crippen molar-refractivity contribution in [1.29, 1.82) is 0 Å². The molecule has 2 heteroatoms. The van der Waals surface area contributed by atoms with Crippen LogP contribution in [0.25, 0.3) is 0 Å². The number of unbranched alkanes of at least 4 members (excludes halogenated alkanes) is 1. The Hall–Kier alpha value is -0.0800. The molecular weight excluding hydrogens is 160 g/mol. The van der Waals surface area contributed by atoms with E-state index in [4.69, 9.17) is 0 Å². The molecule has 0 aromatic rings. The second-order valence-electron chi connectivity index (χ2n) is 4.51. The van der Waals surface area contributed by atoms with Crippen LogP contribution in [0.3, 0.4) is 0 Å². The fourth-order valence-electron chi connectivity index (χ4n) is 2.03. The summed E-state index contributed by atoms with van der Waals surface area (Å²) in [6, 6.07) is 0. The van der Waals surface area contributed by atoms with Gasteiger partial charge in [-0.3, -0.25) is 0 Å². The summed E-state index contributed by atoms with van der Waals surface area (Å²) in [7, 11) is 4.31. The van der Waals surface area contributed by atoms with Crippen LogP contribution >= 0.6 is 0 Å². The van der Waals surface area contributed by atoms with E-state index in [-0.39, 0.29) is 0 Å². The molecule has 0 spiro atoms. The van der Waals surface area contributed by atoms with Gasteiger partial charge in [0.25, 0.3) is 0 Å². The molecule has 0 aromatic carbocycles. The molecule has 0 aromatic heterocycles. The quantitative estimate of drug-likeness (QED) is 0.654. The summed E-state index contributed by atoms with van der Waals surface area (Å²) in [5.74, 6) is 0.968. The molecule has 2 nitrogen and oxygen atoms in total. The molecule has 1 rings (SSSR count). The van der Waals surface area contributed by atoms with Crippen molar-refractivity contribution in [3.05, 3.63) is 0 Å². The van der Waals surface area contributed by atoms with Crippen LogP contribution in [-0.2, 0) is 0 Å². The molecule has 0 saturated carbocycles. The van der Waals surface area contributed by atoms with Crippen molar-refractivity contribution >= 4 is 0 Å². The number of rotatable bonds is 5. The lowest BCUT2D eigenvalue weighted by atomic mass is 9.94. The Labute approximate surface area is 82.7 Å². The first kappa shape index (κ1) is 11.0. The van der Waals surface area contributed by atoms with Gasteiger partial charge in [0.1, 0.15) is 0 Å². The molecule has 1 saturated heterocycles. The fourth-order valence-corrected chi connectivity index (χ4v) is 2.03. The minimum absolute atomic E-state index is 0.968. The maximum absolute atomic E-state index is 3.47. The molecule has 1 aliphatic rings. The largest absolute Gasteiger partial charge is 0.316 e. The van der Waals surface area contributed by atoms with Gasteiger partial charge in [0.15, 0.2) is 0 Å². The third-order valence-electron chi connectivity index (χ3n) is 2.87. The highest BCUT2D eigenvalue weighted by atomic mass is 15.0. The first-order valence-electron chi connectivity index (χ1n) is 5.64. The third kappa shape index (κ3) is 5.27. The molecule has 1 atom stereocenters. The first-order chi connectivity index (χ1) is 6.29. The standard InChI is InChI=1S/C11H24N2/c1-13(2)9-4-3-6-11-7-5-8-12-10-11/h11-12H,3-10H2,1-2H3. The monoisotopic (exact) mass is 184 g/mol. The van der Waals surface area contributed by atoms with Crippen LogP contribution in [0.1, 0.15) is 32.1 Å². The number of nitrogens with zero attached hydrogens (tertiary/aromatic N) is 1. The van der Waals surface area contributed by atoms with E-state index < -0.39 is 0 Å². The lowest BCUT2D eigenvalue weighted by Crippen LogP contribution is -2.29. The summed E-state index contributed by atoms with van der Waals surface area (Å²) in [4.78, 5) is 2.28. The van der Waals surface area contributed by atoms with E-state index in [1.807, 2.05) is 0 Å². The average Bonchev–Trinajstić information content (AvgIpc) is 2.14. The SMILES string of the molecule is CN(C)CCCCC1CCCNC1. The predicted octanol–water partition coefficient (Wildman–Crippen LogP) is 1.72. The molecular formula is C11H24N2. The Morgan fingerprint density at radius 3 is 2.77 bits per heavy atom. The van der Waals surface area contributed by atoms with Crippen LogP contribution in [0.5, 0.6) is 0 Å². The normalized spacial score (nSPS) is 23.8. The average molecular weight is 184 g/mol. The van der Waals surface area contributed by atoms with E-state index in [1.165, 1.54) is 51.7 Å². The van der Waals surface area contributed by atoms with E-state index in [0.29, 0.717) is 0 Å². The second-order valence-corrected chi connectivity index (χ2v) is 4.51. The molecule has 0 radical (unpaired) electrons. The van der Waals surface area contributed by atoms with Crippen LogP contribution in [0.15, 0.2) is 0 Å². The fraction of sp³-hybridized carbons (Fsp3) is 1.00. The van der Waals surface area contributed by atoms with Crippen LogP contribution < -0.4 is 5.32 Å². The first-order valence-corrected chi connectivity index (χ1v) is 5.64. The number of hydrogen-bond donors (Lipinski definition) is 1. The topological polar surface area (TPSA) is 15.3 Å². The van der Waals surface area contributed by atoms with Gasteiger partial charge in [-0.15, -0.1) is 0 Å². The molecule has 1 aliphatic heterocycles. The van der Waals surface area contributed by atoms with E-state index in [2.05, 4.69) is 24.3 Å². The third-order valence-corrected chi connectivity index (χ3v) is 2.87. The highest BCUT2D eigenvalue weighted by Crippen LogP contribution is 2.16. The maximum Gasteiger partial charge on any atom is -0.00205 e. The van der Waals surface area contributed by atoms with Crippen LogP contribution in [-0.4, -0.2) is 38.6 Å². The molecule has 0 bridgehead atoms. The van der Waals surface area contributed by atoms with Crippen molar-refractivity contribution in [3.8, 4) is 0 Å². The van der Waals surface area contributed by atoms with Gasteiger partial charge < -0.3 is 10.2 Å². The second kappa shape index (κ2) is 6.39. The summed E-state index contributed by atoms with van der Waals surface area (Å²) in [5.41, 5.74) is 0. The number of hydrogen-bond acceptors (Lipinski definition) is 2. The zero-order valence-electron chi connectivity index (χ0n) is 9.18. The zero-order chi connectivity index (χ0) is 9.52. The summed E-state index contributed by atoms with van der Waals surface area (Å²) < 4.78 is 0. The summed E-state index contributed by atoms with van der Waals surface area (Å²) in [5, 5.41) is 3.47. The van der Waals surface area contributed by atoms with Crippen molar-refractivity contribution in [2.24, 2.45) is 5.92 Å². The molecule has 1 heterocycles. The highest BCUT2D eigenvalue weighted by Gasteiger charge is 2.11. The van der Waals surface area contributed by atoms with Gasteiger partial charge in [-0.2, -0.15) is 0 Å². The Kier molecular flexibility index (Phi) is 5.40. The smallest absolute Gasteiger partial charge is 0.00205 e. The Bertz CT molecular complexity index is 117. The van der Waals surface area contributed by atoms with Crippen LogP contribution in [0, 0.1) is 5.92 Å². The van der Waals surface area contributed by atoms with Gasteiger partial charge in [0, 0.05) is 0 Å². The van der Waals surface area contributed by atoms with Gasteiger partial charge in [0.2, 0.25) is 0 Å². The highest BCUT2D eigenvalue weighted by molar-refractivity contribution is 4.68. The number of piperidine rings is 1. The van der Waals surface area contributed by atoms with E-state index in [9.17, 15) is 0 Å². The molecule has 0 amide bonds. The van der Waals surface area contributed by atoms with E-state index in [0.717, 1.165) is 5.92 Å². The van der Waals surface area contributed by atoms with Gasteiger partial charge in [0.05, 0.1) is 0 Å². The Balaban J connectivity index is 1.92. The van der Waals surface area contributed by atoms with Gasteiger partial charge in [-0.1, -0.05) is 6.42 Å². The summed E-state index contributed by atoms with van der Waals surface area (Å²) in [6.45, 7) is 3.76. The summed E-state index contributed by atoms with van der Waals surface area (Å²) in [6.07, 6.45) is 7.04. The lowest BCUT2D eigenvalue weighted by Gasteiger charge is -2.22. The molecule has 1 fully saturated rings. The van der Waals surface area contributed by atoms with Crippen LogP contribution in [0.4, 0.5) is 0 Å². The Morgan fingerprint density at radius 1 is 1.31 bits per heavy atom. The Morgan fingerprint density at radius 2 is 2.15 bits per heavy atom. The van der Waals surface area contributed by atoms with Crippen LogP contribution in [0.2, 0.25) is 0 Å². The molecule has 1 unspecified atom stereocenters. The molecule has 0 aliphatic carbocycles. The number of nitrogens with one attached hydrogen (secondary N) is 1. The molecule has 1 N–H and O–H groups in total. The van der Waals surface area contributed by atoms with E-state index in [1.54, 1.807) is 0 Å². The summed E-state index contributed by atoms with van der Waals surface area (Å²) >= 11 is 0. The maximum atomic E-state index is 3.47. The van der Waals surface area contributed by atoms with Gasteiger partial charge in [-0.25, -0.2) is 0 Å². The molecule has 13 heavy (non-hydrogen) atoms. The van der Waals surface area contributed by atoms with Crippen molar-refractivity contribution < 1.29 is 0 Å². The predicted molar refractivity (Wildman–Crippen MR) is 58.0 cm³/mol. The minimum atomic E-state index is 0.968. The van der Waals surface area contributed by atoms with Crippen molar-refractivity contribution in [3.63, 3.8) is 0 Å². The van der Waals surface area contributed by atoms with Crippen molar-refractivity contribution in [1.82, 2.24) is 10.2 Å².